The van der Waals surface area contributed by atoms with Gasteiger partial charge in [0.25, 0.3) is 0 Å². The summed E-state index contributed by atoms with van der Waals surface area (Å²) < 4.78 is 13.7. The molecule has 142 valence electrons. The molecule has 0 amide bonds. The van der Waals surface area contributed by atoms with Crippen LogP contribution in [0.1, 0.15) is 36.0 Å². The van der Waals surface area contributed by atoms with E-state index in [-0.39, 0.29) is 5.82 Å². The second-order valence-corrected chi connectivity index (χ2v) is 7.63. The molecule has 0 bridgehead atoms. The molecule has 0 saturated carbocycles. The Morgan fingerprint density at radius 1 is 1.11 bits per heavy atom. The van der Waals surface area contributed by atoms with Gasteiger partial charge in [-0.15, -0.1) is 5.10 Å². The largest absolute Gasteiger partial charge is 0.377 e. The van der Waals surface area contributed by atoms with E-state index in [1.54, 1.807) is 18.3 Å². The molecular weight excluding hydrogens is 359 g/mol. The van der Waals surface area contributed by atoms with Gasteiger partial charge in [0.2, 0.25) is 0 Å². The number of likely N-dealkylation sites (tertiary alicyclic amines) is 1. The number of nitrogens with two attached hydrogens (primary N) is 1. The van der Waals surface area contributed by atoms with Gasteiger partial charge in [-0.25, -0.2) is 4.39 Å². The first-order chi connectivity index (χ1) is 13.2. The minimum absolute atomic E-state index is 0.222. The van der Waals surface area contributed by atoms with Gasteiger partial charge in [0.1, 0.15) is 5.82 Å². The summed E-state index contributed by atoms with van der Waals surface area (Å²) in [6, 6.07) is 14.9. The molecule has 1 fully saturated rings. The quantitative estimate of drug-likeness (QED) is 0.456. The van der Waals surface area contributed by atoms with Crippen LogP contribution in [0.2, 0.25) is 0 Å². The van der Waals surface area contributed by atoms with Crippen molar-refractivity contribution in [2.45, 2.75) is 31.6 Å². The van der Waals surface area contributed by atoms with Crippen molar-refractivity contribution >= 4 is 23.1 Å². The zero-order chi connectivity index (χ0) is 18.9. The number of hydrogen-bond acceptors (Lipinski definition) is 4. The standard InChI is InChI=1S/C21H25FN4S/c22-20-10-9-18(19(13-20)15-26-11-5-2-6-12-26)14-24-25-21(23)27-16-17-7-3-1-4-8-17/h1,3-4,7-10,13-14H,2,5-6,11-12,15-16H2,(H2,23,25). The lowest BCUT2D eigenvalue weighted by Gasteiger charge is -2.26. The Morgan fingerprint density at radius 2 is 1.89 bits per heavy atom. The summed E-state index contributed by atoms with van der Waals surface area (Å²) in [4.78, 5) is 2.36. The third kappa shape index (κ3) is 6.48. The van der Waals surface area contributed by atoms with E-state index in [4.69, 9.17) is 5.73 Å². The SMILES string of the molecule is NC(=NN=Cc1ccc(F)cc1CN1CCCCC1)SCc1ccccc1. The highest BCUT2D eigenvalue weighted by atomic mass is 32.2. The van der Waals surface area contributed by atoms with Crippen molar-refractivity contribution in [2.75, 3.05) is 13.1 Å². The molecule has 1 aliphatic rings. The minimum atomic E-state index is -0.222. The fraction of sp³-hybridized carbons (Fsp3) is 0.333. The van der Waals surface area contributed by atoms with Crippen LogP contribution in [0.5, 0.6) is 0 Å². The van der Waals surface area contributed by atoms with Crippen LogP contribution in [0.4, 0.5) is 4.39 Å². The molecule has 0 radical (unpaired) electrons. The van der Waals surface area contributed by atoms with Crippen LogP contribution >= 0.6 is 11.8 Å². The van der Waals surface area contributed by atoms with Gasteiger partial charge in [-0.3, -0.25) is 4.90 Å². The number of hydrogen-bond donors (Lipinski definition) is 1. The summed E-state index contributed by atoms with van der Waals surface area (Å²) in [5.41, 5.74) is 8.93. The number of rotatable bonds is 6. The topological polar surface area (TPSA) is 54.0 Å². The first kappa shape index (κ1) is 19.6. The smallest absolute Gasteiger partial charge is 0.180 e. The zero-order valence-corrected chi connectivity index (χ0v) is 16.2. The Kier molecular flexibility index (Phi) is 7.42. The number of piperidine rings is 1. The maximum Gasteiger partial charge on any atom is 0.180 e. The molecule has 0 aromatic heterocycles. The Hall–Kier alpha value is -2.18. The Labute approximate surface area is 164 Å². The predicted octanol–water partition coefficient (Wildman–Crippen LogP) is 4.39. The van der Waals surface area contributed by atoms with Gasteiger partial charge in [-0.05, 0) is 54.8 Å². The summed E-state index contributed by atoms with van der Waals surface area (Å²) in [6.07, 6.45) is 5.35. The van der Waals surface area contributed by atoms with E-state index in [1.165, 1.54) is 42.7 Å². The van der Waals surface area contributed by atoms with E-state index in [9.17, 15) is 4.39 Å². The van der Waals surface area contributed by atoms with Crippen molar-refractivity contribution in [2.24, 2.45) is 15.9 Å². The summed E-state index contributed by atoms with van der Waals surface area (Å²) in [5.74, 6) is 0.531. The molecule has 2 aromatic carbocycles. The third-order valence-electron chi connectivity index (χ3n) is 4.53. The van der Waals surface area contributed by atoms with Crippen LogP contribution < -0.4 is 5.73 Å². The number of amidine groups is 1. The van der Waals surface area contributed by atoms with Gasteiger partial charge in [0.15, 0.2) is 5.17 Å². The minimum Gasteiger partial charge on any atom is -0.377 e. The molecule has 1 saturated heterocycles. The Morgan fingerprint density at radius 3 is 2.67 bits per heavy atom. The average molecular weight is 385 g/mol. The zero-order valence-electron chi connectivity index (χ0n) is 15.4. The van der Waals surface area contributed by atoms with Crippen molar-refractivity contribution in [1.82, 2.24) is 4.90 Å². The summed E-state index contributed by atoms with van der Waals surface area (Å²) in [6.45, 7) is 2.86. The molecule has 0 spiro atoms. The van der Waals surface area contributed by atoms with Gasteiger partial charge in [-0.2, -0.15) is 5.10 Å². The number of thioether (sulfide) groups is 1. The van der Waals surface area contributed by atoms with Gasteiger partial charge in [0.05, 0.1) is 6.21 Å². The summed E-state index contributed by atoms with van der Waals surface area (Å²) in [5, 5.41) is 8.59. The molecule has 1 aliphatic heterocycles. The van der Waals surface area contributed by atoms with Crippen LogP contribution in [-0.4, -0.2) is 29.4 Å². The van der Waals surface area contributed by atoms with Crippen LogP contribution in [0.25, 0.3) is 0 Å². The maximum absolute atomic E-state index is 13.7. The molecule has 0 aliphatic carbocycles. The number of halogens is 1. The van der Waals surface area contributed by atoms with Crippen molar-refractivity contribution in [3.05, 3.63) is 71.0 Å². The molecule has 0 atom stereocenters. The van der Waals surface area contributed by atoms with Gasteiger partial charge >= 0.3 is 0 Å². The monoisotopic (exact) mass is 384 g/mol. The van der Waals surface area contributed by atoms with Crippen molar-refractivity contribution in [3.63, 3.8) is 0 Å². The normalized spacial score (nSPS) is 16.1. The molecule has 1 heterocycles. The lowest BCUT2D eigenvalue weighted by Crippen LogP contribution is -2.29. The predicted molar refractivity (Wildman–Crippen MR) is 112 cm³/mol. The lowest BCUT2D eigenvalue weighted by molar-refractivity contribution is 0.220. The number of benzene rings is 2. The van der Waals surface area contributed by atoms with Gasteiger partial charge < -0.3 is 5.73 Å². The van der Waals surface area contributed by atoms with E-state index < -0.39 is 0 Å². The summed E-state index contributed by atoms with van der Waals surface area (Å²) in [7, 11) is 0. The molecule has 3 rings (SSSR count). The van der Waals surface area contributed by atoms with Gasteiger partial charge in [-0.1, -0.05) is 54.6 Å². The summed E-state index contributed by atoms with van der Waals surface area (Å²) >= 11 is 1.45. The van der Waals surface area contributed by atoms with E-state index in [0.717, 1.165) is 36.5 Å². The number of nitrogens with zero attached hydrogens (tertiary/aromatic N) is 3. The highest BCUT2D eigenvalue weighted by molar-refractivity contribution is 8.13. The Bertz CT molecular complexity index is 786. The van der Waals surface area contributed by atoms with Crippen LogP contribution in [-0.2, 0) is 12.3 Å². The highest BCUT2D eigenvalue weighted by Crippen LogP contribution is 2.17. The third-order valence-corrected chi connectivity index (χ3v) is 5.39. The molecular formula is C21H25FN4S. The second-order valence-electron chi connectivity index (χ2n) is 6.64. The van der Waals surface area contributed by atoms with E-state index >= 15 is 0 Å². The molecule has 27 heavy (non-hydrogen) atoms. The van der Waals surface area contributed by atoms with Gasteiger partial charge in [0, 0.05) is 12.3 Å². The van der Waals surface area contributed by atoms with E-state index in [0.29, 0.717) is 5.17 Å². The average Bonchev–Trinajstić information content (AvgIpc) is 2.70. The lowest BCUT2D eigenvalue weighted by atomic mass is 10.1. The van der Waals surface area contributed by atoms with Crippen molar-refractivity contribution < 1.29 is 4.39 Å². The fourth-order valence-corrected chi connectivity index (χ4v) is 3.72. The second kappa shape index (κ2) is 10.2. The van der Waals surface area contributed by atoms with E-state index in [1.807, 2.05) is 18.2 Å². The first-order valence-corrected chi connectivity index (χ1v) is 10.2. The maximum atomic E-state index is 13.7. The van der Waals surface area contributed by atoms with Crippen LogP contribution in [0.15, 0.2) is 58.7 Å². The molecule has 4 nitrogen and oxygen atoms in total. The van der Waals surface area contributed by atoms with Crippen molar-refractivity contribution in [3.8, 4) is 0 Å². The molecule has 0 unspecified atom stereocenters. The van der Waals surface area contributed by atoms with E-state index in [2.05, 4.69) is 27.2 Å². The highest BCUT2D eigenvalue weighted by Gasteiger charge is 2.12. The molecule has 2 aromatic rings. The van der Waals surface area contributed by atoms with Crippen LogP contribution in [0.3, 0.4) is 0 Å². The first-order valence-electron chi connectivity index (χ1n) is 9.25. The fourth-order valence-electron chi connectivity index (χ4n) is 3.10. The molecule has 2 N–H and O–H groups in total. The molecule has 6 heteroatoms. The van der Waals surface area contributed by atoms with Crippen LogP contribution in [0, 0.1) is 5.82 Å². The van der Waals surface area contributed by atoms with Crippen molar-refractivity contribution in [1.29, 1.82) is 0 Å². The Balaban J connectivity index is 1.61.